The number of aliphatic hydroxyl groups excluding tert-OH is 1. The summed E-state index contributed by atoms with van der Waals surface area (Å²) in [5.41, 5.74) is 1.53. The first-order valence-electron chi connectivity index (χ1n) is 6.13. The molecule has 0 amide bonds. The van der Waals surface area contributed by atoms with Crippen molar-refractivity contribution in [3.63, 3.8) is 0 Å². The molecule has 0 heterocycles. The zero-order chi connectivity index (χ0) is 12.2. The lowest BCUT2D eigenvalue weighted by atomic mass is 9.85. The van der Waals surface area contributed by atoms with Crippen molar-refractivity contribution in [3.8, 4) is 0 Å². The second-order valence-electron chi connectivity index (χ2n) is 5.87. The van der Waals surface area contributed by atoms with Gasteiger partial charge in [-0.2, -0.15) is 0 Å². The van der Waals surface area contributed by atoms with Crippen LogP contribution in [-0.4, -0.2) is 11.2 Å². The molecule has 16 heavy (non-hydrogen) atoms. The molecule has 0 saturated carbocycles. The first-order valence-corrected chi connectivity index (χ1v) is 6.13. The third-order valence-electron chi connectivity index (χ3n) is 3.09. The maximum atomic E-state index is 10.1. The van der Waals surface area contributed by atoms with Crippen molar-refractivity contribution in [2.75, 3.05) is 0 Å². The maximum Gasteiger partial charge on any atom is 0.0606 e. The maximum absolute atomic E-state index is 10.1. The molecule has 2 atom stereocenters. The molecule has 1 nitrogen and oxygen atoms in total. The van der Waals surface area contributed by atoms with Crippen LogP contribution in [0.4, 0.5) is 0 Å². The average Bonchev–Trinajstić information content (AvgIpc) is 2.25. The van der Waals surface area contributed by atoms with Crippen LogP contribution in [0.2, 0.25) is 0 Å². The van der Waals surface area contributed by atoms with E-state index in [0.717, 1.165) is 12.8 Å². The predicted octanol–water partition coefficient (Wildman–Crippen LogP) is 3.98. The van der Waals surface area contributed by atoms with E-state index < -0.39 is 0 Å². The summed E-state index contributed by atoms with van der Waals surface area (Å²) in [4.78, 5) is 0. The molecule has 0 aromatic heterocycles. The molecule has 0 bridgehead atoms. The first-order chi connectivity index (χ1) is 7.40. The standard InChI is InChI=1S/C15H24O/c1-12(13-8-6-5-7-9-13)14(16)10-11-15(2,3)4/h5-9,12,14,16H,10-11H2,1-4H3. The lowest BCUT2D eigenvalue weighted by Gasteiger charge is -2.24. The Bertz CT molecular complexity index is 297. The molecule has 90 valence electrons. The van der Waals surface area contributed by atoms with E-state index in [1.165, 1.54) is 5.56 Å². The van der Waals surface area contributed by atoms with Gasteiger partial charge in [0.15, 0.2) is 0 Å². The van der Waals surface area contributed by atoms with Crippen LogP contribution in [0, 0.1) is 5.41 Å². The van der Waals surface area contributed by atoms with Gasteiger partial charge in [-0.25, -0.2) is 0 Å². The highest BCUT2D eigenvalue weighted by atomic mass is 16.3. The van der Waals surface area contributed by atoms with Crippen molar-refractivity contribution in [3.05, 3.63) is 35.9 Å². The molecular weight excluding hydrogens is 196 g/mol. The monoisotopic (exact) mass is 220 g/mol. The largest absolute Gasteiger partial charge is 0.393 e. The highest BCUT2D eigenvalue weighted by Crippen LogP contribution is 2.27. The minimum absolute atomic E-state index is 0.226. The summed E-state index contributed by atoms with van der Waals surface area (Å²) in [5, 5.41) is 10.1. The molecule has 0 radical (unpaired) electrons. The van der Waals surface area contributed by atoms with Crippen molar-refractivity contribution in [2.45, 2.75) is 52.6 Å². The summed E-state index contributed by atoms with van der Waals surface area (Å²) in [5.74, 6) is 0.226. The highest BCUT2D eigenvalue weighted by Gasteiger charge is 2.19. The van der Waals surface area contributed by atoms with Gasteiger partial charge in [-0.05, 0) is 23.8 Å². The van der Waals surface area contributed by atoms with Crippen LogP contribution in [0.3, 0.4) is 0 Å². The third kappa shape index (κ3) is 4.36. The van der Waals surface area contributed by atoms with Gasteiger partial charge in [0.2, 0.25) is 0 Å². The van der Waals surface area contributed by atoms with Gasteiger partial charge in [-0.3, -0.25) is 0 Å². The van der Waals surface area contributed by atoms with Crippen LogP contribution in [0.25, 0.3) is 0 Å². The van der Waals surface area contributed by atoms with Gasteiger partial charge in [0.25, 0.3) is 0 Å². The fourth-order valence-corrected chi connectivity index (χ4v) is 1.81. The minimum Gasteiger partial charge on any atom is -0.393 e. The Labute approximate surface area is 99.5 Å². The zero-order valence-electron chi connectivity index (χ0n) is 10.9. The number of hydrogen-bond acceptors (Lipinski definition) is 1. The molecule has 1 heteroatoms. The molecule has 1 N–H and O–H groups in total. The first kappa shape index (κ1) is 13.2. The van der Waals surface area contributed by atoms with Crippen molar-refractivity contribution >= 4 is 0 Å². The molecule has 0 aliphatic heterocycles. The Morgan fingerprint density at radius 3 is 2.19 bits per heavy atom. The predicted molar refractivity (Wildman–Crippen MR) is 69.6 cm³/mol. The second-order valence-corrected chi connectivity index (χ2v) is 5.87. The van der Waals surface area contributed by atoms with E-state index in [1.54, 1.807) is 0 Å². The highest BCUT2D eigenvalue weighted by molar-refractivity contribution is 5.19. The number of rotatable bonds is 4. The molecular formula is C15H24O. The molecule has 1 aromatic carbocycles. The quantitative estimate of drug-likeness (QED) is 0.813. The fourth-order valence-electron chi connectivity index (χ4n) is 1.81. The van der Waals surface area contributed by atoms with Crippen LogP contribution >= 0.6 is 0 Å². The Morgan fingerprint density at radius 1 is 1.12 bits per heavy atom. The van der Waals surface area contributed by atoms with E-state index in [2.05, 4.69) is 39.8 Å². The molecule has 0 saturated heterocycles. The smallest absolute Gasteiger partial charge is 0.0606 e. The van der Waals surface area contributed by atoms with E-state index in [1.807, 2.05) is 18.2 Å². The summed E-state index contributed by atoms with van der Waals surface area (Å²) in [7, 11) is 0. The number of aliphatic hydroxyl groups is 1. The van der Waals surface area contributed by atoms with Gasteiger partial charge in [-0.15, -0.1) is 0 Å². The third-order valence-corrected chi connectivity index (χ3v) is 3.09. The molecule has 1 rings (SSSR count). The van der Waals surface area contributed by atoms with Gasteiger partial charge >= 0.3 is 0 Å². The van der Waals surface area contributed by atoms with Crippen molar-refractivity contribution < 1.29 is 5.11 Å². The molecule has 2 unspecified atom stereocenters. The Balaban J connectivity index is 2.52. The van der Waals surface area contributed by atoms with Crippen LogP contribution in [0.15, 0.2) is 30.3 Å². The average molecular weight is 220 g/mol. The van der Waals surface area contributed by atoms with Gasteiger partial charge < -0.3 is 5.11 Å². The summed E-state index contributed by atoms with van der Waals surface area (Å²) in [6.45, 7) is 8.75. The Hall–Kier alpha value is -0.820. The molecule has 0 fully saturated rings. The van der Waals surface area contributed by atoms with Crippen LogP contribution < -0.4 is 0 Å². The topological polar surface area (TPSA) is 20.2 Å². The molecule has 0 aliphatic rings. The second kappa shape index (κ2) is 5.49. The van der Waals surface area contributed by atoms with E-state index in [4.69, 9.17) is 0 Å². The zero-order valence-corrected chi connectivity index (χ0v) is 10.9. The normalized spacial score (nSPS) is 15.8. The lowest BCUT2D eigenvalue weighted by molar-refractivity contribution is 0.123. The fraction of sp³-hybridized carbons (Fsp3) is 0.600. The molecule has 1 aromatic rings. The van der Waals surface area contributed by atoms with Gasteiger partial charge in [0, 0.05) is 5.92 Å². The van der Waals surface area contributed by atoms with Crippen molar-refractivity contribution in [2.24, 2.45) is 5.41 Å². The van der Waals surface area contributed by atoms with E-state index in [0.29, 0.717) is 5.41 Å². The Kier molecular flexibility index (Phi) is 4.55. The lowest BCUT2D eigenvalue weighted by Crippen LogP contribution is -2.18. The Morgan fingerprint density at radius 2 is 1.69 bits per heavy atom. The van der Waals surface area contributed by atoms with E-state index >= 15 is 0 Å². The van der Waals surface area contributed by atoms with Crippen LogP contribution in [-0.2, 0) is 0 Å². The van der Waals surface area contributed by atoms with E-state index in [9.17, 15) is 5.11 Å². The van der Waals surface area contributed by atoms with Gasteiger partial charge in [0.1, 0.15) is 0 Å². The van der Waals surface area contributed by atoms with E-state index in [-0.39, 0.29) is 12.0 Å². The summed E-state index contributed by atoms with van der Waals surface area (Å²) in [6.07, 6.45) is 1.70. The summed E-state index contributed by atoms with van der Waals surface area (Å²) in [6, 6.07) is 10.2. The summed E-state index contributed by atoms with van der Waals surface area (Å²) < 4.78 is 0. The van der Waals surface area contributed by atoms with Crippen LogP contribution in [0.5, 0.6) is 0 Å². The van der Waals surface area contributed by atoms with Crippen molar-refractivity contribution in [1.82, 2.24) is 0 Å². The van der Waals surface area contributed by atoms with Gasteiger partial charge in [-0.1, -0.05) is 58.0 Å². The number of hydrogen-bond donors (Lipinski definition) is 1. The SMILES string of the molecule is CC(c1ccccc1)C(O)CCC(C)(C)C. The minimum atomic E-state index is -0.235. The van der Waals surface area contributed by atoms with Crippen LogP contribution in [0.1, 0.15) is 52.0 Å². The van der Waals surface area contributed by atoms with Gasteiger partial charge in [0.05, 0.1) is 6.10 Å². The molecule has 0 spiro atoms. The van der Waals surface area contributed by atoms with Crippen molar-refractivity contribution in [1.29, 1.82) is 0 Å². The molecule has 0 aliphatic carbocycles. The summed E-state index contributed by atoms with van der Waals surface area (Å²) >= 11 is 0. The number of benzene rings is 1.